The van der Waals surface area contributed by atoms with Crippen LogP contribution in [-0.4, -0.2) is 39.6 Å². The summed E-state index contributed by atoms with van der Waals surface area (Å²) in [5.41, 5.74) is 0.879. The first-order valence-electron chi connectivity index (χ1n) is 8.29. The second-order valence-corrected chi connectivity index (χ2v) is 7.68. The maximum atomic E-state index is 12.5. The molecule has 2 aromatic carbocycles. The van der Waals surface area contributed by atoms with Gasteiger partial charge in [-0.1, -0.05) is 24.3 Å². The molecule has 0 aliphatic carbocycles. The summed E-state index contributed by atoms with van der Waals surface area (Å²) in [4.78, 5) is 12.5. The fourth-order valence-corrected chi connectivity index (χ4v) is 3.81. The van der Waals surface area contributed by atoms with E-state index in [0.29, 0.717) is 24.5 Å². The van der Waals surface area contributed by atoms with Crippen LogP contribution in [0.2, 0.25) is 0 Å². The van der Waals surface area contributed by atoms with Crippen LogP contribution in [0.1, 0.15) is 6.92 Å². The molecule has 0 aromatic heterocycles. The standard InChI is InChI=1S/C18H21N3O4S.ClH/c1-13-17(19-10-11-25-13)18(22)20-15-8-5-9-16(12-15)26(23,24)21-14-6-3-2-4-7-14;/h2-9,12-13,17,19,21H,10-11H2,1H3,(H,20,22);1H/t13-,17+;/m1./s1. The summed E-state index contributed by atoms with van der Waals surface area (Å²) in [5, 5.41) is 5.84. The SMILES string of the molecule is C[C@H]1OCCN[C@@H]1C(=O)Nc1cccc(S(=O)(=O)Nc2ccccc2)c1.Cl. The van der Waals surface area contributed by atoms with Crippen LogP contribution in [0.25, 0.3) is 0 Å². The minimum Gasteiger partial charge on any atom is -0.375 e. The summed E-state index contributed by atoms with van der Waals surface area (Å²) in [7, 11) is -3.75. The van der Waals surface area contributed by atoms with Crippen molar-refractivity contribution in [1.29, 1.82) is 0 Å². The molecule has 1 saturated heterocycles. The lowest BCUT2D eigenvalue weighted by molar-refractivity contribution is -0.123. The van der Waals surface area contributed by atoms with Crippen molar-refractivity contribution >= 4 is 39.7 Å². The molecule has 7 nitrogen and oxygen atoms in total. The number of hydrogen-bond acceptors (Lipinski definition) is 5. The van der Waals surface area contributed by atoms with Gasteiger partial charge >= 0.3 is 0 Å². The lowest BCUT2D eigenvalue weighted by Crippen LogP contribution is -2.53. The van der Waals surface area contributed by atoms with E-state index in [2.05, 4.69) is 15.4 Å². The Labute approximate surface area is 165 Å². The number of hydrogen-bond donors (Lipinski definition) is 3. The largest absolute Gasteiger partial charge is 0.375 e. The van der Waals surface area contributed by atoms with Gasteiger partial charge in [0, 0.05) is 17.9 Å². The van der Waals surface area contributed by atoms with Crippen LogP contribution in [0.4, 0.5) is 11.4 Å². The van der Waals surface area contributed by atoms with Gasteiger partial charge in [0.2, 0.25) is 5.91 Å². The molecule has 27 heavy (non-hydrogen) atoms. The number of anilines is 2. The molecule has 0 bridgehead atoms. The average Bonchev–Trinajstić information content (AvgIpc) is 2.63. The number of carbonyl (C=O) groups is 1. The van der Waals surface area contributed by atoms with E-state index in [1.807, 2.05) is 6.92 Å². The monoisotopic (exact) mass is 411 g/mol. The third-order valence-corrected chi connectivity index (χ3v) is 5.42. The van der Waals surface area contributed by atoms with Crippen LogP contribution >= 0.6 is 12.4 Å². The van der Waals surface area contributed by atoms with Crippen molar-refractivity contribution in [1.82, 2.24) is 5.32 Å². The van der Waals surface area contributed by atoms with Crippen molar-refractivity contribution in [3.63, 3.8) is 0 Å². The highest BCUT2D eigenvalue weighted by atomic mass is 35.5. The van der Waals surface area contributed by atoms with Gasteiger partial charge in [-0.25, -0.2) is 8.42 Å². The fraction of sp³-hybridized carbons (Fsp3) is 0.278. The minimum absolute atomic E-state index is 0. The predicted octanol–water partition coefficient (Wildman–Crippen LogP) is 2.22. The third kappa shape index (κ3) is 5.43. The fourth-order valence-electron chi connectivity index (χ4n) is 2.71. The van der Waals surface area contributed by atoms with E-state index in [9.17, 15) is 13.2 Å². The van der Waals surface area contributed by atoms with Crippen LogP contribution < -0.4 is 15.4 Å². The zero-order chi connectivity index (χ0) is 18.6. The van der Waals surface area contributed by atoms with E-state index in [1.165, 1.54) is 12.1 Å². The van der Waals surface area contributed by atoms with Gasteiger partial charge in [0.15, 0.2) is 0 Å². The highest BCUT2D eigenvalue weighted by Crippen LogP contribution is 2.19. The van der Waals surface area contributed by atoms with Crippen molar-refractivity contribution in [2.45, 2.75) is 24.0 Å². The molecular weight excluding hydrogens is 390 g/mol. The Morgan fingerprint density at radius 2 is 1.81 bits per heavy atom. The van der Waals surface area contributed by atoms with Gasteiger partial charge in [-0.3, -0.25) is 9.52 Å². The van der Waals surface area contributed by atoms with E-state index in [1.54, 1.807) is 42.5 Å². The van der Waals surface area contributed by atoms with Gasteiger partial charge < -0.3 is 15.4 Å². The highest BCUT2D eigenvalue weighted by molar-refractivity contribution is 7.92. The number of nitrogens with one attached hydrogen (secondary N) is 3. The molecule has 3 N–H and O–H groups in total. The number of para-hydroxylation sites is 1. The number of amides is 1. The van der Waals surface area contributed by atoms with Gasteiger partial charge in [0.1, 0.15) is 6.04 Å². The van der Waals surface area contributed by atoms with Crippen LogP contribution in [0.3, 0.4) is 0 Å². The lowest BCUT2D eigenvalue weighted by Gasteiger charge is -2.29. The van der Waals surface area contributed by atoms with Crippen molar-refractivity contribution in [3.8, 4) is 0 Å². The molecule has 0 saturated carbocycles. The first-order chi connectivity index (χ1) is 12.5. The smallest absolute Gasteiger partial charge is 0.261 e. The Kier molecular flexibility index (Phi) is 7.20. The van der Waals surface area contributed by atoms with Crippen LogP contribution in [0.5, 0.6) is 0 Å². The van der Waals surface area contributed by atoms with Crippen molar-refractivity contribution in [3.05, 3.63) is 54.6 Å². The summed E-state index contributed by atoms with van der Waals surface area (Å²) >= 11 is 0. The Balaban J connectivity index is 0.00000261. The second-order valence-electron chi connectivity index (χ2n) is 6.00. The Bertz CT molecular complexity index is 877. The molecule has 1 aliphatic heterocycles. The van der Waals surface area contributed by atoms with Gasteiger partial charge in [0.05, 0.1) is 17.6 Å². The van der Waals surface area contributed by atoms with Crippen molar-refractivity contribution < 1.29 is 17.9 Å². The van der Waals surface area contributed by atoms with Crippen LogP contribution in [0, 0.1) is 0 Å². The van der Waals surface area contributed by atoms with Crippen LogP contribution in [0.15, 0.2) is 59.5 Å². The summed E-state index contributed by atoms with van der Waals surface area (Å²) in [6, 6.07) is 14.3. The van der Waals surface area contributed by atoms with Crippen molar-refractivity contribution in [2.75, 3.05) is 23.2 Å². The van der Waals surface area contributed by atoms with E-state index < -0.39 is 16.1 Å². The zero-order valence-corrected chi connectivity index (χ0v) is 16.3. The van der Waals surface area contributed by atoms with Crippen molar-refractivity contribution in [2.24, 2.45) is 0 Å². The number of benzene rings is 2. The van der Waals surface area contributed by atoms with E-state index >= 15 is 0 Å². The molecular formula is C18H22ClN3O4S. The summed E-state index contributed by atoms with van der Waals surface area (Å²) in [5.74, 6) is -0.261. The predicted molar refractivity (Wildman–Crippen MR) is 107 cm³/mol. The highest BCUT2D eigenvalue weighted by Gasteiger charge is 2.28. The first kappa shape index (κ1) is 21.2. The van der Waals surface area contributed by atoms with Gasteiger partial charge in [-0.15, -0.1) is 12.4 Å². The van der Waals surface area contributed by atoms with Gasteiger partial charge in [0.25, 0.3) is 10.0 Å². The maximum absolute atomic E-state index is 12.5. The number of morpholine rings is 1. The molecule has 0 spiro atoms. The Morgan fingerprint density at radius 3 is 2.52 bits per heavy atom. The molecule has 0 radical (unpaired) electrons. The summed E-state index contributed by atoms with van der Waals surface area (Å²) in [6.07, 6.45) is -0.254. The summed E-state index contributed by atoms with van der Waals surface area (Å²) in [6.45, 7) is 2.97. The van der Waals surface area contributed by atoms with Gasteiger partial charge in [-0.05, 0) is 37.3 Å². The van der Waals surface area contributed by atoms with Gasteiger partial charge in [-0.2, -0.15) is 0 Å². The number of rotatable bonds is 5. The minimum atomic E-state index is -3.75. The third-order valence-electron chi connectivity index (χ3n) is 4.04. The average molecular weight is 412 g/mol. The molecule has 2 aromatic rings. The van der Waals surface area contributed by atoms with E-state index in [-0.39, 0.29) is 29.3 Å². The Hall–Kier alpha value is -2.13. The number of halogens is 1. The molecule has 2 atom stereocenters. The molecule has 146 valence electrons. The molecule has 1 fully saturated rings. The lowest BCUT2D eigenvalue weighted by atomic mass is 10.1. The summed E-state index contributed by atoms with van der Waals surface area (Å²) < 4.78 is 33.1. The van der Waals surface area contributed by atoms with E-state index in [4.69, 9.17) is 4.74 Å². The number of ether oxygens (including phenoxy) is 1. The topological polar surface area (TPSA) is 96.5 Å². The molecule has 0 unspecified atom stereocenters. The number of carbonyl (C=O) groups excluding carboxylic acids is 1. The quantitative estimate of drug-likeness (QED) is 0.701. The maximum Gasteiger partial charge on any atom is 0.261 e. The van der Waals surface area contributed by atoms with Crippen LogP contribution in [-0.2, 0) is 19.6 Å². The molecule has 1 amide bonds. The molecule has 3 rings (SSSR count). The molecule has 1 heterocycles. The normalized spacial score (nSPS) is 19.6. The Morgan fingerprint density at radius 1 is 1.11 bits per heavy atom. The number of sulfonamides is 1. The first-order valence-corrected chi connectivity index (χ1v) is 9.78. The zero-order valence-electron chi connectivity index (χ0n) is 14.7. The second kappa shape index (κ2) is 9.18. The van der Waals surface area contributed by atoms with E-state index in [0.717, 1.165) is 0 Å². The molecule has 1 aliphatic rings. The molecule has 9 heteroatoms.